The van der Waals surface area contributed by atoms with E-state index in [1.165, 1.54) is 17.4 Å². The molecule has 1 amide bonds. The van der Waals surface area contributed by atoms with Crippen LogP contribution in [0.5, 0.6) is 5.75 Å². The van der Waals surface area contributed by atoms with E-state index in [1.54, 1.807) is 42.4 Å². The van der Waals surface area contributed by atoms with Crippen molar-refractivity contribution in [2.75, 3.05) is 7.05 Å². The van der Waals surface area contributed by atoms with E-state index in [1.807, 2.05) is 17.0 Å². The number of carbonyl (C=O) groups excluding carboxylic acids is 1. The lowest BCUT2D eigenvalue weighted by atomic mass is 10.3. The van der Waals surface area contributed by atoms with Crippen molar-refractivity contribution in [3.05, 3.63) is 68.3 Å². The highest BCUT2D eigenvalue weighted by atomic mass is 79.9. The molecule has 0 N–H and O–H groups in total. The van der Waals surface area contributed by atoms with E-state index in [-0.39, 0.29) is 18.3 Å². The predicted octanol–water partition coefficient (Wildman–Crippen LogP) is 4.72. The number of carbonyl (C=O) groups is 1. The molecule has 0 bridgehead atoms. The van der Waals surface area contributed by atoms with E-state index in [0.29, 0.717) is 11.4 Å². The van der Waals surface area contributed by atoms with E-state index in [9.17, 15) is 9.18 Å². The Labute approximate surface area is 169 Å². The van der Waals surface area contributed by atoms with Gasteiger partial charge in [-0.2, -0.15) is 5.10 Å². The summed E-state index contributed by atoms with van der Waals surface area (Å²) in [5, 5.41) is 6.13. The molecule has 0 fully saturated rings. The monoisotopic (exact) mass is 451 g/mol. The summed E-state index contributed by atoms with van der Waals surface area (Å²) in [5.41, 5.74) is 1.78. The molecule has 0 spiro atoms. The van der Waals surface area contributed by atoms with Crippen LogP contribution in [-0.2, 0) is 19.7 Å². The van der Waals surface area contributed by atoms with Crippen LogP contribution < -0.4 is 4.74 Å². The Morgan fingerprint density at radius 1 is 1.41 bits per heavy atom. The molecule has 0 saturated carbocycles. The molecule has 2 aromatic heterocycles. The number of hydrogen-bond acceptors (Lipinski definition) is 4. The van der Waals surface area contributed by atoms with E-state index >= 15 is 0 Å². The van der Waals surface area contributed by atoms with E-state index in [2.05, 4.69) is 21.0 Å². The molecule has 142 valence electrons. The van der Waals surface area contributed by atoms with Crippen molar-refractivity contribution in [1.82, 2.24) is 14.7 Å². The average Bonchev–Trinajstić information content (AvgIpc) is 3.27. The minimum Gasteiger partial charge on any atom is -0.486 e. The van der Waals surface area contributed by atoms with Crippen LogP contribution >= 0.6 is 27.3 Å². The summed E-state index contributed by atoms with van der Waals surface area (Å²) in [5.74, 6) is -0.277. The number of aryl methyl sites for hydroxylation is 1. The SMILES string of the molecule is CCn1ncc(Br)c1CN(C)C(=O)c1cc(COc2ccccc2F)cs1. The second kappa shape index (κ2) is 8.67. The normalized spacial score (nSPS) is 10.8. The van der Waals surface area contributed by atoms with Gasteiger partial charge >= 0.3 is 0 Å². The van der Waals surface area contributed by atoms with E-state index in [0.717, 1.165) is 22.3 Å². The average molecular weight is 452 g/mol. The van der Waals surface area contributed by atoms with E-state index < -0.39 is 5.82 Å². The first-order valence-corrected chi connectivity index (χ1v) is 10.1. The van der Waals surface area contributed by atoms with Crippen molar-refractivity contribution in [2.24, 2.45) is 0 Å². The molecule has 0 saturated heterocycles. The van der Waals surface area contributed by atoms with Crippen molar-refractivity contribution in [3.8, 4) is 5.75 Å². The van der Waals surface area contributed by atoms with Crippen LogP contribution in [0.15, 0.2) is 46.4 Å². The molecule has 0 atom stereocenters. The number of thiophene rings is 1. The number of benzene rings is 1. The zero-order valence-electron chi connectivity index (χ0n) is 15.0. The summed E-state index contributed by atoms with van der Waals surface area (Å²) < 4.78 is 21.8. The zero-order chi connectivity index (χ0) is 19.4. The Morgan fingerprint density at radius 2 is 2.19 bits per heavy atom. The molecular formula is C19H19BrFN3O2S. The quantitative estimate of drug-likeness (QED) is 0.522. The largest absolute Gasteiger partial charge is 0.486 e. The number of amides is 1. The molecule has 0 aliphatic carbocycles. The lowest BCUT2D eigenvalue weighted by Gasteiger charge is -2.17. The Kier molecular flexibility index (Phi) is 6.28. The van der Waals surface area contributed by atoms with Gasteiger partial charge < -0.3 is 9.64 Å². The standard InChI is InChI=1S/C19H19BrFN3O2S/c1-3-24-16(14(20)9-22-24)10-23(2)19(25)18-8-13(12-27-18)11-26-17-7-5-4-6-15(17)21/h4-9,12H,3,10-11H2,1-2H3. The third-order valence-corrected chi connectivity index (χ3v) is 5.66. The lowest BCUT2D eigenvalue weighted by molar-refractivity contribution is 0.0786. The highest BCUT2D eigenvalue weighted by molar-refractivity contribution is 9.10. The number of ether oxygens (including phenoxy) is 1. The zero-order valence-corrected chi connectivity index (χ0v) is 17.4. The lowest BCUT2D eigenvalue weighted by Crippen LogP contribution is -2.27. The smallest absolute Gasteiger partial charge is 0.264 e. The maximum atomic E-state index is 13.6. The Morgan fingerprint density at radius 3 is 2.93 bits per heavy atom. The van der Waals surface area contributed by atoms with Gasteiger partial charge in [0.25, 0.3) is 5.91 Å². The van der Waals surface area contributed by atoms with Crippen LogP contribution in [0.3, 0.4) is 0 Å². The highest BCUT2D eigenvalue weighted by Crippen LogP contribution is 2.23. The molecule has 27 heavy (non-hydrogen) atoms. The minimum absolute atomic E-state index is 0.0760. The fraction of sp³-hybridized carbons (Fsp3) is 0.263. The maximum absolute atomic E-state index is 13.6. The Balaban J connectivity index is 1.64. The van der Waals surface area contributed by atoms with Gasteiger partial charge in [-0.1, -0.05) is 12.1 Å². The Hall–Kier alpha value is -2.19. The fourth-order valence-corrected chi connectivity index (χ4v) is 3.90. The number of rotatable bonds is 7. The molecule has 5 nitrogen and oxygen atoms in total. The van der Waals surface area contributed by atoms with Gasteiger partial charge in [-0.05, 0) is 46.4 Å². The molecule has 0 aliphatic rings. The van der Waals surface area contributed by atoms with Gasteiger partial charge in [-0.25, -0.2) is 4.39 Å². The summed E-state index contributed by atoms with van der Waals surface area (Å²) in [6.45, 7) is 3.40. The molecule has 3 rings (SSSR count). The third kappa shape index (κ3) is 4.56. The summed E-state index contributed by atoms with van der Waals surface area (Å²) in [7, 11) is 1.76. The molecule has 8 heteroatoms. The number of halogens is 2. The van der Waals surface area contributed by atoms with Crippen LogP contribution in [0, 0.1) is 5.82 Å². The molecule has 0 unspecified atom stereocenters. The van der Waals surface area contributed by atoms with Crippen LogP contribution in [0.2, 0.25) is 0 Å². The summed E-state index contributed by atoms with van der Waals surface area (Å²) in [4.78, 5) is 15.0. The summed E-state index contributed by atoms with van der Waals surface area (Å²) in [6.07, 6.45) is 1.74. The first kappa shape index (κ1) is 19.6. The van der Waals surface area contributed by atoms with Crippen molar-refractivity contribution < 1.29 is 13.9 Å². The maximum Gasteiger partial charge on any atom is 0.264 e. The van der Waals surface area contributed by atoms with Crippen LogP contribution in [0.25, 0.3) is 0 Å². The van der Waals surface area contributed by atoms with Crippen molar-refractivity contribution in [2.45, 2.75) is 26.6 Å². The number of aromatic nitrogens is 2. The topological polar surface area (TPSA) is 47.4 Å². The molecule has 2 heterocycles. The van der Waals surface area contributed by atoms with Gasteiger partial charge in [0.1, 0.15) is 6.61 Å². The molecule has 1 aromatic carbocycles. The van der Waals surface area contributed by atoms with Crippen molar-refractivity contribution in [3.63, 3.8) is 0 Å². The number of nitrogens with zero attached hydrogens (tertiary/aromatic N) is 3. The van der Waals surface area contributed by atoms with Gasteiger partial charge in [-0.3, -0.25) is 9.48 Å². The summed E-state index contributed by atoms with van der Waals surface area (Å²) >= 11 is 4.83. The van der Waals surface area contributed by atoms with Gasteiger partial charge in [0.05, 0.1) is 27.8 Å². The Bertz CT molecular complexity index is 941. The molecule has 0 aliphatic heterocycles. The van der Waals surface area contributed by atoms with Crippen molar-refractivity contribution >= 4 is 33.2 Å². The van der Waals surface area contributed by atoms with Gasteiger partial charge in [0.2, 0.25) is 0 Å². The van der Waals surface area contributed by atoms with Crippen molar-refractivity contribution in [1.29, 1.82) is 0 Å². The number of hydrogen-bond donors (Lipinski definition) is 0. The second-order valence-corrected chi connectivity index (χ2v) is 7.72. The van der Waals surface area contributed by atoms with Crippen LogP contribution in [0.1, 0.15) is 27.9 Å². The predicted molar refractivity (Wildman–Crippen MR) is 106 cm³/mol. The molecule has 3 aromatic rings. The first-order chi connectivity index (χ1) is 13.0. The second-order valence-electron chi connectivity index (χ2n) is 5.95. The van der Waals surface area contributed by atoms with E-state index in [4.69, 9.17) is 4.74 Å². The first-order valence-electron chi connectivity index (χ1n) is 8.40. The molecular weight excluding hydrogens is 433 g/mol. The fourth-order valence-electron chi connectivity index (χ4n) is 2.59. The third-order valence-electron chi connectivity index (χ3n) is 4.03. The van der Waals surface area contributed by atoms with Gasteiger partial charge in [0.15, 0.2) is 11.6 Å². The van der Waals surface area contributed by atoms with Gasteiger partial charge in [0, 0.05) is 19.2 Å². The van der Waals surface area contributed by atoms with Crippen LogP contribution in [0.4, 0.5) is 4.39 Å². The van der Waals surface area contributed by atoms with Gasteiger partial charge in [-0.15, -0.1) is 11.3 Å². The highest BCUT2D eigenvalue weighted by Gasteiger charge is 2.18. The number of para-hydroxylation sites is 1. The molecule has 0 radical (unpaired) electrons. The minimum atomic E-state index is -0.401. The summed E-state index contributed by atoms with van der Waals surface area (Å²) in [6, 6.07) is 8.05. The van der Waals surface area contributed by atoms with Crippen LogP contribution in [-0.4, -0.2) is 27.6 Å².